The SMILES string of the molecule is CNC(Cc1cc(F)ccc1Br)c1cscc1C. The first-order chi connectivity index (χ1) is 8.61. The van der Waals surface area contributed by atoms with Crippen molar-refractivity contribution in [2.45, 2.75) is 19.4 Å². The maximum absolute atomic E-state index is 13.3. The third kappa shape index (κ3) is 2.99. The second-order valence-corrected chi connectivity index (χ2v) is 5.89. The highest BCUT2D eigenvalue weighted by Gasteiger charge is 2.15. The fraction of sp³-hybridized carbons (Fsp3) is 0.286. The highest BCUT2D eigenvalue weighted by Crippen LogP contribution is 2.28. The van der Waals surface area contributed by atoms with Gasteiger partial charge in [0.1, 0.15) is 5.82 Å². The van der Waals surface area contributed by atoms with E-state index in [9.17, 15) is 4.39 Å². The molecule has 0 bridgehead atoms. The normalized spacial score (nSPS) is 12.7. The van der Waals surface area contributed by atoms with Gasteiger partial charge in [-0.05, 0) is 66.0 Å². The van der Waals surface area contributed by atoms with Crippen molar-refractivity contribution in [2.75, 3.05) is 7.05 Å². The van der Waals surface area contributed by atoms with Crippen LogP contribution in [0.15, 0.2) is 33.4 Å². The van der Waals surface area contributed by atoms with Gasteiger partial charge < -0.3 is 5.32 Å². The molecule has 0 amide bonds. The number of hydrogen-bond acceptors (Lipinski definition) is 2. The lowest BCUT2D eigenvalue weighted by Gasteiger charge is -2.17. The number of halogens is 2. The van der Waals surface area contributed by atoms with E-state index in [0.29, 0.717) is 0 Å². The molecule has 0 aliphatic rings. The van der Waals surface area contributed by atoms with E-state index in [2.05, 4.69) is 38.9 Å². The summed E-state index contributed by atoms with van der Waals surface area (Å²) >= 11 is 5.18. The van der Waals surface area contributed by atoms with Gasteiger partial charge in [-0.25, -0.2) is 4.39 Å². The summed E-state index contributed by atoms with van der Waals surface area (Å²) in [5, 5.41) is 7.60. The minimum atomic E-state index is -0.190. The first kappa shape index (κ1) is 13.7. The number of aryl methyl sites for hydroxylation is 1. The molecular weight excluding hydrogens is 313 g/mol. The number of thiophene rings is 1. The van der Waals surface area contributed by atoms with Crippen molar-refractivity contribution in [3.05, 3.63) is 55.9 Å². The molecule has 18 heavy (non-hydrogen) atoms. The van der Waals surface area contributed by atoms with Crippen molar-refractivity contribution in [1.29, 1.82) is 0 Å². The lowest BCUT2D eigenvalue weighted by atomic mass is 9.99. The van der Waals surface area contributed by atoms with Crippen LogP contribution in [0.4, 0.5) is 4.39 Å². The zero-order chi connectivity index (χ0) is 13.1. The number of hydrogen-bond donors (Lipinski definition) is 1. The Balaban J connectivity index is 2.26. The average molecular weight is 328 g/mol. The van der Waals surface area contributed by atoms with E-state index in [4.69, 9.17) is 0 Å². The Hall–Kier alpha value is -0.710. The van der Waals surface area contributed by atoms with Crippen LogP contribution in [0, 0.1) is 12.7 Å². The lowest BCUT2D eigenvalue weighted by molar-refractivity contribution is 0.582. The Morgan fingerprint density at radius 3 is 2.78 bits per heavy atom. The minimum Gasteiger partial charge on any atom is -0.313 e. The van der Waals surface area contributed by atoms with Gasteiger partial charge in [0, 0.05) is 10.5 Å². The van der Waals surface area contributed by atoms with Gasteiger partial charge in [0.25, 0.3) is 0 Å². The number of likely N-dealkylation sites (N-methyl/N-ethyl adjacent to an activating group) is 1. The van der Waals surface area contributed by atoms with E-state index in [0.717, 1.165) is 16.5 Å². The summed E-state index contributed by atoms with van der Waals surface area (Å²) in [7, 11) is 1.94. The van der Waals surface area contributed by atoms with Crippen molar-refractivity contribution in [3.63, 3.8) is 0 Å². The van der Waals surface area contributed by atoms with E-state index in [1.54, 1.807) is 23.5 Å². The third-order valence-electron chi connectivity index (χ3n) is 3.05. The second kappa shape index (κ2) is 5.95. The van der Waals surface area contributed by atoms with Gasteiger partial charge in [-0.15, -0.1) is 0 Å². The first-order valence-corrected chi connectivity index (χ1v) is 7.49. The summed E-state index contributed by atoms with van der Waals surface area (Å²) in [6.45, 7) is 2.11. The standard InChI is InChI=1S/C14H15BrFNS/c1-9-7-18-8-12(9)14(17-2)6-10-5-11(16)3-4-13(10)15/h3-5,7-8,14,17H,6H2,1-2H3. The molecule has 0 aliphatic heterocycles. The largest absolute Gasteiger partial charge is 0.313 e. The summed E-state index contributed by atoms with van der Waals surface area (Å²) in [5.41, 5.74) is 3.56. The fourth-order valence-electron chi connectivity index (χ4n) is 2.01. The molecule has 0 saturated heterocycles. The molecule has 0 spiro atoms. The summed E-state index contributed by atoms with van der Waals surface area (Å²) < 4.78 is 14.2. The molecule has 0 aliphatic carbocycles. The summed E-state index contributed by atoms with van der Waals surface area (Å²) in [4.78, 5) is 0. The topological polar surface area (TPSA) is 12.0 Å². The third-order valence-corrected chi connectivity index (χ3v) is 4.70. The molecule has 1 aromatic heterocycles. The Morgan fingerprint density at radius 2 is 2.17 bits per heavy atom. The molecule has 4 heteroatoms. The number of rotatable bonds is 4. The van der Waals surface area contributed by atoms with Gasteiger partial charge in [-0.3, -0.25) is 0 Å². The molecule has 1 aromatic carbocycles. The van der Waals surface area contributed by atoms with Crippen LogP contribution < -0.4 is 5.32 Å². The van der Waals surface area contributed by atoms with Crippen LogP contribution in [-0.4, -0.2) is 7.05 Å². The molecule has 0 saturated carbocycles. The molecule has 0 fully saturated rings. The van der Waals surface area contributed by atoms with Gasteiger partial charge in [-0.2, -0.15) is 11.3 Å². The molecule has 1 nitrogen and oxygen atoms in total. The first-order valence-electron chi connectivity index (χ1n) is 5.75. The summed E-state index contributed by atoms with van der Waals surface area (Å²) in [6, 6.07) is 5.04. The average Bonchev–Trinajstić information content (AvgIpc) is 2.77. The molecular formula is C14H15BrFNS. The monoisotopic (exact) mass is 327 g/mol. The molecule has 1 atom stereocenters. The Morgan fingerprint density at radius 1 is 1.39 bits per heavy atom. The zero-order valence-electron chi connectivity index (χ0n) is 10.3. The maximum atomic E-state index is 13.3. The van der Waals surface area contributed by atoms with Gasteiger partial charge in [0.15, 0.2) is 0 Å². The van der Waals surface area contributed by atoms with E-state index in [-0.39, 0.29) is 11.9 Å². The second-order valence-electron chi connectivity index (χ2n) is 4.29. The van der Waals surface area contributed by atoms with E-state index in [1.807, 2.05) is 7.05 Å². The van der Waals surface area contributed by atoms with Crippen molar-refractivity contribution in [2.24, 2.45) is 0 Å². The molecule has 1 N–H and O–H groups in total. The van der Waals surface area contributed by atoms with Gasteiger partial charge in [0.2, 0.25) is 0 Å². The maximum Gasteiger partial charge on any atom is 0.123 e. The summed E-state index contributed by atoms with van der Waals surface area (Å²) in [6.07, 6.45) is 0.770. The Labute approximate surface area is 119 Å². The summed E-state index contributed by atoms with van der Waals surface area (Å²) in [5.74, 6) is -0.190. The minimum absolute atomic E-state index is 0.190. The van der Waals surface area contributed by atoms with Crippen LogP contribution in [0.1, 0.15) is 22.7 Å². The van der Waals surface area contributed by atoms with Crippen LogP contribution >= 0.6 is 27.3 Å². The smallest absolute Gasteiger partial charge is 0.123 e. The van der Waals surface area contributed by atoms with E-state index < -0.39 is 0 Å². The van der Waals surface area contributed by atoms with Gasteiger partial charge >= 0.3 is 0 Å². The van der Waals surface area contributed by atoms with Crippen LogP contribution in [0.25, 0.3) is 0 Å². The number of nitrogens with one attached hydrogen (secondary N) is 1. The molecule has 0 radical (unpaired) electrons. The van der Waals surface area contributed by atoms with Crippen molar-refractivity contribution in [3.8, 4) is 0 Å². The van der Waals surface area contributed by atoms with Crippen molar-refractivity contribution in [1.82, 2.24) is 5.32 Å². The lowest BCUT2D eigenvalue weighted by Crippen LogP contribution is -2.19. The predicted molar refractivity (Wildman–Crippen MR) is 78.7 cm³/mol. The van der Waals surface area contributed by atoms with Crippen LogP contribution in [0.2, 0.25) is 0 Å². The van der Waals surface area contributed by atoms with E-state index in [1.165, 1.54) is 17.2 Å². The quantitative estimate of drug-likeness (QED) is 0.874. The van der Waals surface area contributed by atoms with Gasteiger partial charge in [-0.1, -0.05) is 15.9 Å². The van der Waals surface area contributed by atoms with Crippen LogP contribution in [-0.2, 0) is 6.42 Å². The molecule has 1 unspecified atom stereocenters. The Bertz CT molecular complexity index is 538. The van der Waals surface area contributed by atoms with Crippen molar-refractivity contribution < 1.29 is 4.39 Å². The molecule has 96 valence electrons. The molecule has 2 aromatic rings. The number of benzene rings is 1. The van der Waals surface area contributed by atoms with E-state index >= 15 is 0 Å². The fourth-order valence-corrected chi connectivity index (χ4v) is 3.33. The Kier molecular flexibility index (Phi) is 4.54. The zero-order valence-corrected chi connectivity index (χ0v) is 12.7. The van der Waals surface area contributed by atoms with Crippen molar-refractivity contribution >= 4 is 27.3 Å². The molecule has 2 rings (SSSR count). The molecule has 1 heterocycles. The highest BCUT2D eigenvalue weighted by molar-refractivity contribution is 9.10. The van der Waals surface area contributed by atoms with Gasteiger partial charge in [0.05, 0.1) is 0 Å². The predicted octanol–water partition coefficient (Wildman–Crippen LogP) is 4.46. The van der Waals surface area contributed by atoms with Crippen LogP contribution in [0.3, 0.4) is 0 Å². The van der Waals surface area contributed by atoms with Crippen LogP contribution in [0.5, 0.6) is 0 Å². The highest BCUT2D eigenvalue weighted by atomic mass is 79.9.